The minimum absolute atomic E-state index is 0.0879. The van der Waals surface area contributed by atoms with Crippen molar-refractivity contribution in [3.05, 3.63) is 0 Å². The molecule has 0 aliphatic carbocycles. The Kier molecular flexibility index (Phi) is 15.8. The number of guanidine groups is 1. The van der Waals surface area contributed by atoms with Crippen LogP contribution < -0.4 is 33.2 Å². The van der Waals surface area contributed by atoms with Crippen LogP contribution in [-0.4, -0.2) is 99.8 Å². The Morgan fingerprint density at radius 2 is 1.53 bits per heavy atom. The van der Waals surface area contributed by atoms with Gasteiger partial charge < -0.3 is 48.5 Å². The van der Waals surface area contributed by atoms with Crippen LogP contribution in [0.3, 0.4) is 0 Å². The summed E-state index contributed by atoms with van der Waals surface area (Å²) in [7, 11) is 0. The van der Waals surface area contributed by atoms with Crippen LogP contribution in [0.2, 0.25) is 0 Å². The number of aliphatic carboxylic acids is 2. The molecule has 0 saturated heterocycles. The Hall–Kier alpha value is -3.11. The zero-order valence-electron chi connectivity index (χ0n) is 20.3. The highest BCUT2D eigenvalue weighted by Gasteiger charge is 2.32. The maximum atomic E-state index is 12.9. The van der Waals surface area contributed by atoms with Crippen molar-refractivity contribution in [1.82, 2.24) is 16.0 Å². The number of rotatable bonds is 18. The summed E-state index contributed by atoms with van der Waals surface area (Å²) in [6.45, 7) is 1.48. The van der Waals surface area contributed by atoms with Gasteiger partial charge >= 0.3 is 11.9 Å². The van der Waals surface area contributed by atoms with Crippen LogP contribution in [0.1, 0.15) is 39.0 Å². The predicted molar refractivity (Wildman–Crippen MR) is 133 cm³/mol. The summed E-state index contributed by atoms with van der Waals surface area (Å²) in [4.78, 5) is 63.9. The van der Waals surface area contributed by atoms with Gasteiger partial charge in [0.2, 0.25) is 17.7 Å². The average Bonchev–Trinajstić information content (AvgIpc) is 2.78. The number of nitrogens with one attached hydrogen (secondary N) is 3. The third-order valence-corrected chi connectivity index (χ3v) is 5.52. The van der Waals surface area contributed by atoms with Crippen LogP contribution >= 0.6 is 11.8 Å². The van der Waals surface area contributed by atoms with E-state index < -0.39 is 72.8 Å². The van der Waals surface area contributed by atoms with Gasteiger partial charge in [-0.3, -0.25) is 24.2 Å². The Morgan fingerprint density at radius 3 is 2.03 bits per heavy atom. The molecular formula is C20H37N7O8S. The summed E-state index contributed by atoms with van der Waals surface area (Å²) in [6, 6.07) is -5.16. The van der Waals surface area contributed by atoms with Crippen LogP contribution in [0.4, 0.5) is 0 Å². The van der Waals surface area contributed by atoms with Crippen molar-refractivity contribution in [1.29, 1.82) is 0 Å². The molecule has 3 amide bonds. The first-order valence-corrected chi connectivity index (χ1v) is 12.5. The predicted octanol–water partition coefficient (Wildman–Crippen LogP) is -3.09. The molecule has 16 heteroatoms. The fraction of sp³-hybridized carbons (Fsp3) is 0.700. The first-order chi connectivity index (χ1) is 16.8. The van der Waals surface area contributed by atoms with Crippen molar-refractivity contribution in [2.45, 2.75) is 69.3 Å². The summed E-state index contributed by atoms with van der Waals surface area (Å²) in [6.07, 6.45) is 0.293. The number of aliphatic hydroxyl groups excluding tert-OH is 1. The lowest BCUT2D eigenvalue weighted by Gasteiger charge is -2.26. The lowest BCUT2D eigenvalue weighted by molar-refractivity contribution is -0.144. The van der Waals surface area contributed by atoms with E-state index in [0.29, 0.717) is 12.2 Å². The van der Waals surface area contributed by atoms with Crippen molar-refractivity contribution >= 4 is 47.4 Å². The van der Waals surface area contributed by atoms with Gasteiger partial charge in [0.15, 0.2) is 5.96 Å². The molecule has 15 nitrogen and oxygen atoms in total. The Morgan fingerprint density at radius 1 is 0.917 bits per heavy atom. The molecular weight excluding hydrogens is 498 g/mol. The van der Waals surface area contributed by atoms with Gasteiger partial charge in [-0.1, -0.05) is 0 Å². The van der Waals surface area contributed by atoms with Crippen LogP contribution in [0.5, 0.6) is 0 Å². The number of aliphatic imine (C=N–C) groups is 1. The maximum Gasteiger partial charge on any atom is 0.326 e. The van der Waals surface area contributed by atoms with Crippen molar-refractivity contribution in [3.63, 3.8) is 0 Å². The number of aliphatic hydroxyl groups is 1. The lowest BCUT2D eigenvalue weighted by Crippen LogP contribution is -2.60. The summed E-state index contributed by atoms with van der Waals surface area (Å²) < 4.78 is 0. The number of carbonyl (C=O) groups is 5. The van der Waals surface area contributed by atoms with Crippen LogP contribution in [0, 0.1) is 0 Å². The Labute approximate surface area is 213 Å². The van der Waals surface area contributed by atoms with Gasteiger partial charge in [-0.2, -0.15) is 11.8 Å². The summed E-state index contributed by atoms with van der Waals surface area (Å²) in [5.41, 5.74) is 16.4. The molecule has 0 radical (unpaired) electrons. The summed E-state index contributed by atoms with van der Waals surface area (Å²) >= 11 is 1.41. The number of amides is 3. The van der Waals surface area contributed by atoms with E-state index in [9.17, 15) is 34.2 Å². The molecule has 0 aromatic rings. The number of carbonyl (C=O) groups excluding carboxylic acids is 3. The Balaban J connectivity index is 5.30. The number of hydrogen-bond donors (Lipinski definition) is 9. The van der Waals surface area contributed by atoms with E-state index >= 15 is 0 Å². The molecule has 5 atom stereocenters. The van der Waals surface area contributed by atoms with Crippen molar-refractivity contribution in [2.24, 2.45) is 22.2 Å². The van der Waals surface area contributed by atoms with Gasteiger partial charge in [0.25, 0.3) is 0 Å². The highest BCUT2D eigenvalue weighted by Crippen LogP contribution is 2.06. The number of nitrogens with zero attached hydrogens (tertiary/aromatic N) is 1. The smallest absolute Gasteiger partial charge is 0.326 e. The standard InChI is InChI=1S/C20H37N7O8S/c1-10(28)15(18(33)26-13(19(34)35)5-6-14(29)30)27-17(32)12(7-9-36-2)25-16(31)11(21)4-3-8-24-20(22)23/h10-13,15,28H,3-9,21H2,1-2H3,(H,25,31)(H,26,33)(H,27,32)(H,29,30)(H,34,35)(H4,22,23,24). The molecule has 5 unspecified atom stereocenters. The third-order valence-electron chi connectivity index (χ3n) is 4.87. The van der Waals surface area contributed by atoms with Crippen LogP contribution in [-0.2, 0) is 24.0 Å². The van der Waals surface area contributed by atoms with Gasteiger partial charge in [-0.05, 0) is 44.6 Å². The molecule has 12 N–H and O–H groups in total. The number of carboxylic acids is 2. The first-order valence-electron chi connectivity index (χ1n) is 11.1. The molecule has 0 aromatic heterocycles. The van der Waals surface area contributed by atoms with Gasteiger partial charge in [-0.15, -0.1) is 0 Å². The van der Waals surface area contributed by atoms with Gasteiger partial charge in [0.05, 0.1) is 12.1 Å². The van der Waals surface area contributed by atoms with Crippen LogP contribution in [0.15, 0.2) is 4.99 Å². The zero-order valence-corrected chi connectivity index (χ0v) is 21.1. The number of hydrogen-bond acceptors (Lipinski definition) is 9. The molecule has 0 heterocycles. The van der Waals surface area contributed by atoms with E-state index in [4.69, 9.17) is 22.3 Å². The summed E-state index contributed by atoms with van der Waals surface area (Å²) in [5.74, 6) is -4.77. The second-order valence-electron chi connectivity index (χ2n) is 7.96. The monoisotopic (exact) mass is 535 g/mol. The molecule has 0 spiro atoms. The van der Waals surface area contributed by atoms with Crippen molar-refractivity contribution in [2.75, 3.05) is 18.6 Å². The fourth-order valence-electron chi connectivity index (χ4n) is 2.88. The topological polar surface area (TPSA) is 273 Å². The molecule has 0 saturated carbocycles. The molecule has 0 aliphatic heterocycles. The molecule has 0 rings (SSSR count). The second-order valence-corrected chi connectivity index (χ2v) is 8.94. The van der Waals surface area contributed by atoms with Gasteiger partial charge in [-0.25, -0.2) is 4.79 Å². The van der Waals surface area contributed by atoms with E-state index in [2.05, 4.69) is 20.9 Å². The van der Waals surface area contributed by atoms with E-state index in [-0.39, 0.29) is 25.3 Å². The molecule has 206 valence electrons. The third kappa shape index (κ3) is 13.7. The Bertz CT molecular complexity index is 792. The number of nitrogens with two attached hydrogens (primary N) is 3. The molecule has 0 bridgehead atoms. The number of thioether (sulfide) groups is 1. The van der Waals surface area contributed by atoms with Gasteiger partial charge in [0.1, 0.15) is 18.1 Å². The highest BCUT2D eigenvalue weighted by atomic mass is 32.2. The second kappa shape index (κ2) is 17.3. The van der Waals surface area contributed by atoms with E-state index in [1.54, 1.807) is 6.26 Å². The van der Waals surface area contributed by atoms with E-state index in [0.717, 1.165) is 0 Å². The summed E-state index contributed by atoms with van der Waals surface area (Å²) in [5, 5.41) is 35.0. The highest BCUT2D eigenvalue weighted by molar-refractivity contribution is 7.98. The SMILES string of the molecule is CSCCC(NC(=O)C(N)CCCN=C(N)N)C(=O)NC(C(=O)NC(CCC(=O)O)C(=O)O)C(C)O. The fourth-order valence-corrected chi connectivity index (χ4v) is 3.35. The van der Waals surface area contributed by atoms with Crippen LogP contribution in [0.25, 0.3) is 0 Å². The zero-order chi connectivity index (χ0) is 27.8. The van der Waals surface area contributed by atoms with E-state index in [1.807, 2.05) is 0 Å². The maximum absolute atomic E-state index is 12.9. The molecule has 36 heavy (non-hydrogen) atoms. The first kappa shape index (κ1) is 32.9. The van der Waals surface area contributed by atoms with Gasteiger partial charge in [0, 0.05) is 13.0 Å². The molecule has 0 aliphatic rings. The average molecular weight is 536 g/mol. The molecule has 0 aromatic carbocycles. The van der Waals surface area contributed by atoms with E-state index in [1.165, 1.54) is 18.7 Å². The van der Waals surface area contributed by atoms with Crippen molar-refractivity contribution in [3.8, 4) is 0 Å². The minimum atomic E-state index is -1.56. The molecule has 0 fully saturated rings. The normalized spacial score (nSPS) is 14.9. The quantitative estimate of drug-likeness (QED) is 0.0479. The minimum Gasteiger partial charge on any atom is -0.481 e. The lowest BCUT2D eigenvalue weighted by atomic mass is 10.1. The largest absolute Gasteiger partial charge is 0.481 e. The van der Waals surface area contributed by atoms with Crippen molar-refractivity contribution < 1.29 is 39.3 Å². The number of carboxylic acid groups (broad SMARTS) is 2.